The predicted molar refractivity (Wildman–Crippen MR) is 157 cm³/mol. The van der Waals surface area contributed by atoms with E-state index in [4.69, 9.17) is 9.84 Å². The van der Waals surface area contributed by atoms with E-state index >= 15 is 0 Å². The fourth-order valence-corrected chi connectivity index (χ4v) is 5.16. The highest BCUT2D eigenvalue weighted by Crippen LogP contribution is 2.44. The second-order valence-corrected chi connectivity index (χ2v) is 11.8. The summed E-state index contributed by atoms with van der Waals surface area (Å²) in [5.74, 6) is 1.06. The molecule has 0 atom stereocenters. The number of unbranched alkanes of at least 4 members (excludes halogenated alkanes) is 7. The van der Waals surface area contributed by atoms with Gasteiger partial charge in [0.15, 0.2) is 5.69 Å². The number of aromatic carboxylic acids is 1. The minimum absolute atomic E-state index is 0.0696. The molecule has 220 valence electrons. The highest BCUT2D eigenvalue weighted by Gasteiger charge is 2.39. The Morgan fingerprint density at radius 1 is 0.974 bits per heavy atom. The van der Waals surface area contributed by atoms with Gasteiger partial charge in [0, 0.05) is 18.7 Å². The second kappa shape index (κ2) is 16.2. The Labute approximate surface area is 236 Å². The zero-order valence-corrected chi connectivity index (χ0v) is 24.8. The van der Waals surface area contributed by atoms with Gasteiger partial charge in [0.2, 0.25) is 11.8 Å². The highest BCUT2D eigenvalue weighted by molar-refractivity contribution is 5.87. The Hall–Kier alpha value is -2.15. The van der Waals surface area contributed by atoms with Gasteiger partial charge >= 0.3 is 5.97 Å². The molecule has 2 aliphatic carbocycles. The number of hydrogen-bond donors (Lipinski definition) is 2. The van der Waals surface area contributed by atoms with Gasteiger partial charge in [-0.1, -0.05) is 71.8 Å². The van der Waals surface area contributed by atoms with E-state index in [1.54, 1.807) is 6.07 Å². The van der Waals surface area contributed by atoms with Crippen LogP contribution in [0.4, 0.5) is 0 Å². The zero-order chi connectivity index (χ0) is 28.1. The SMILES string of the molecule is CCCCCCCCCCNC(CC)(CC)C(=O)N1CCC1.O=C(O)c1ccc(C2CC2)c(OCC2CC2)n1. The Morgan fingerprint density at radius 3 is 2.13 bits per heavy atom. The van der Waals surface area contributed by atoms with E-state index in [0.717, 1.165) is 50.9 Å². The molecule has 1 amide bonds. The van der Waals surface area contributed by atoms with E-state index in [1.807, 2.05) is 11.0 Å². The Kier molecular flexibility index (Phi) is 13.0. The number of ether oxygens (including phenoxy) is 1. The van der Waals surface area contributed by atoms with Gasteiger partial charge in [0.05, 0.1) is 12.1 Å². The van der Waals surface area contributed by atoms with Gasteiger partial charge in [-0.15, -0.1) is 0 Å². The van der Waals surface area contributed by atoms with Crippen LogP contribution in [-0.2, 0) is 4.79 Å². The van der Waals surface area contributed by atoms with Gasteiger partial charge in [0.25, 0.3) is 0 Å². The third-order valence-electron chi connectivity index (χ3n) is 8.53. The summed E-state index contributed by atoms with van der Waals surface area (Å²) in [4.78, 5) is 29.7. The molecule has 1 aromatic heterocycles. The van der Waals surface area contributed by atoms with Crippen LogP contribution in [0.3, 0.4) is 0 Å². The number of carbonyl (C=O) groups is 2. The summed E-state index contributed by atoms with van der Waals surface area (Å²) in [5.41, 5.74) is 0.845. The van der Waals surface area contributed by atoms with Crippen LogP contribution in [0.1, 0.15) is 139 Å². The fraction of sp³-hybridized carbons (Fsp3) is 0.781. The molecule has 2 saturated carbocycles. The molecule has 4 rings (SSSR count). The molecule has 2 N–H and O–H groups in total. The van der Waals surface area contributed by atoms with E-state index in [2.05, 4.69) is 31.1 Å². The van der Waals surface area contributed by atoms with Crippen molar-refractivity contribution in [2.24, 2.45) is 5.92 Å². The van der Waals surface area contributed by atoms with Crippen LogP contribution in [-0.4, -0.2) is 58.6 Å². The quantitative estimate of drug-likeness (QED) is 0.195. The summed E-state index contributed by atoms with van der Waals surface area (Å²) in [6, 6.07) is 3.43. The summed E-state index contributed by atoms with van der Waals surface area (Å²) in [6.45, 7) is 10.1. The van der Waals surface area contributed by atoms with Gasteiger partial charge in [-0.05, 0) is 75.8 Å². The maximum absolute atomic E-state index is 12.6. The lowest BCUT2D eigenvalue weighted by molar-refractivity contribution is -0.142. The molecule has 1 aliphatic heterocycles. The molecule has 0 radical (unpaired) electrons. The molecule has 0 unspecified atom stereocenters. The lowest BCUT2D eigenvalue weighted by Crippen LogP contribution is -2.60. The number of nitrogens with zero attached hydrogens (tertiary/aromatic N) is 2. The number of rotatable bonds is 18. The lowest BCUT2D eigenvalue weighted by atomic mass is 9.89. The Morgan fingerprint density at radius 2 is 1.62 bits per heavy atom. The number of carbonyl (C=O) groups excluding carboxylic acids is 1. The number of pyridine rings is 1. The van der Waals surface area contributed by atoms with Crippen LogP contribution in [0.15, 0.2) is 12.1 Å². The van der Waals surface area contributed by atoms with E-state index in [1.165, 1.54) is 70.6 Å². The molecule has 7 nitrogen and oxygen atoms in total. The van der Waals surface area contributed by atoms with Crippen molar-refractivity contribution in [2.45, 2.75) is 129 Å². The van der Waals surface area contributed by atoms with Crippen molar-refractivity contribution >= 4 is 11.9 Å². The maximum atomic E-state index is 12.6. The van der Waals surface area contributed by atoms with E-state index in [-0.39, 0.29) is 11.2 Å². The number of likely N-dealkylation sites (tertiary alicyclic amines) is 1. The van der Waals surface area contributed by atoms with Crippen molar-refractivity contribution in [3.05, 3.63) is 23.4 Å². The van der Waals surface area contributed by atoms with Crippen molar-refractivity contribution in [2.75, 3.05) is 26.2 Å². The monoisotopic (exact) mass is 543 g/mol. The van der Waals surface area contributed by atoms with Crippen molar-refractivity contribution in [3.63, 3.8) is 0 Å². The minimum atomic E-state index is -0.997. The first-order chi connectivity index (χ1) is 18.9. The maximum Gasteiger partial charge on any atom is 0.354 e. The molecule has 39 heavy (non-hydrogen) atoms. The highest BCUT2D eigenvalue weighted by atomic mass is 16.5. The van der Waals surface area contributed by atoms with Crippen molar-refractivity contribution in [1.82, 2.24) is 15.2 Å². The molecule has 3 fully saturated rings. The first-order valence-corrected chi connectivity index (χ1v) is 15.9. The van der Waals surface area contributed by atoms with E-state index in [9.17, 15) is 9.59 Å². The number of carboxylic acids is 1. The average molecular weight is 544 g/mol. The number of hydrogen-bond acceptors (Lipinski definition) is 5. The van der Waals surface area contributed by atoms with Crippen LogP contribution in [0.5, 0.6) is 5.88 Å². The first-order valence-electron chi connectivity index (χ1n) is 15.9. The van der Waals surface area contributed by atoms with Gasteiger partial charge in [0.1, 0.15) is 0 Å². The molecule has 2 heterocycles. The summed E-state index contributed by atoms with van der Waals surface area (Å²) in [7, 11) is 0. The fourth-order valence-electron chi connectivity index (χ4n) is 5.16. The van der Waals surface area contributed by atoms with Crippen molar-refractivity contribution in [1.29, 1.82) is 0 Å². The third-order valence-corrected chi connectivity index (χ3v) is 8.53. The first kappa shape index (κ1) is 31.4. The van der Waals surface area contributed by atoms with Crippen LogP contribution < -0.4 is 10.1 Å². The molecule has 1 aromatic rings. The van der Waals surface area contributed by atoms with Gasteiger partial charge < -0.3 is 20.1 Å². The Balaban J connectivity index is 0.000000221. The number of nitrogens with one attached hydrogen (secondary N) is 1. The zero-order valence-electron chi connectivity index (χ0n) is 24.8. The lowest BCUT2D eigenvalue weighted by Gasteiger charge is -2.41. The van der Waals surface area contributed by atoms with E-state index in [0.29, 0.717) is 30.2 Å². The van der Waals surface area contributed by atoms with Crippen LogP contribution >= 0.6 is 0 Å². The largest absolute Gasteiger partial charge is 0.477 e. The van der Waals surface area contributed by atoms with Crippen LogP contribution in [0.2, 0.25) is 0 Å². The van der Waals surface area contributed by atoms with Crippen molar-refractivity contribution < 1.29 is 19.4 Å². The minimum Gasteiger partial charge on any atom is -0.477 e. The molecular formula is C32H53N3O4. The molecule has 7 heteroatoms. The third kappa shape index (κ3) is 10.1. The topological polar surface area (TPSA) is 91.8 Å². The number of carboxylic acid groups (broad SMARTS) is 1. The van der Waals surface area contributed by atoms with Crippen LogP contribution in [0.25, 0.3) is 0 Å². The molecule has 3 aliphatic rings. The van der Waals surface area contributed by atoms with E-state index < -0.39 is 5.97 Å². The van der Waals surface area contributed by atoms with Crippen LogP contribution in [0, 0.1) is 5.92 Å². The second-order valence-electron chi connectivity index (χ2n) is 11.8. The molecule has 1 saturated heterocycles. The van der Waals surface area contributed by atoms with Gasteiger partial charge in [-0.25, -0.2) is 9.78 Å². The molecular weight excluding hydrogens is 490 g/mol. The molecule has 0 spiro atoms. The number of aromatic nitrogens is 1. The van der Waals surface area contributed by atoms with Gasteiger partial charge in [-0.3, -0.25) is 4.79 Å². The molecule has 0 bridgehead atoms. The predicted octanol–water partition coefficient (Wildman–Crippen LogP) is 6.95. The smallest absolute Gasteiger partial charge is 0.354 e. The van der Waals surface area contributed by atoms with Gasteiger partial charge in [-0.2, -0.15) is 0 Å². The standard InChI is InChI=1S/C19H38N2O.C13H15NO3/c1-4-7-8-9-10-11-12-13-15-20-19(5-2,6-3)18(22)21-16-14-17-21;15-13(16)11-6-5-10(9-3-4-9)12(14-11)17-7-8-1-2-8/h20H,4-17H2,1-3H3;5-6,8-9H,1-4,7H2,(H,15,16). The number of amides is 1. The average Bonchev–Trinajstić information content (AvgIpc) is 3.83. The molecule has 0 aromatic carbocycles. The summed E-state index contributed by atoms with van der Waals surface area (Å²) < 4.78 is 5.68. The summed E-state index contributed by atoms with van der Waals surface area (Å²) >= 11 is 0. The normalized spacial score (nSPS) is 16.7. The summed E-state index contributed by atoms with van der Waals surface area (Å²) in [6.07, 6.45) is 18.4. The Bertz CT molecular complexity index is 889. The summed E-state index contributed by atoms with van der Waals surface area (Å²) in [5, 5.41) is 12.5. The van der Waals surface area contributed by atoms with Crippen molar-refractivity contribution in [3.8, 4) is 5.88 Å².